The molecule has 1 fully saturated rings. The summed E-state index contributed by atoms with van der Waals surface area (Å²) >= 11 is 0. The van der Waals surface area contributed by atoms with Crippen LogP contribution in [0, 0.1) is 0 Å². The van der Waals surface area contributed by atoms with Gasteiger partial charge < -0.3 is 19.7 Å². The van der Waals surface area contributed by atoms with Crippen LogP contribution in [0.1, 0.15) is 15.9 Å². The Hall–Kier alpha value is -3.45. The van der Waals surface area contributed by atoms with Gasteiger partial charge >= 0.3 is 5.97 Å². The summed E-state index contributed by atoms with van der Waals surface area (Å²) in [7, 11) is 0. The molecule has 0 aliphatic carbocycles. The van der Waals surface area contributed by atoms with E-state index >= 15 is 0 Å². The van der Waals surface area contributed by atoms with Gasteiger partial charge in [0.15, 0.2) is 6.04 Å². The Balaban J connectivity index is 1.66. The number of rotatable bonds is 6. The minimum absolute atomic E-state index is 0.0901. The van der Waals surface area contributed by atoms with Crippen molar-refractivity contribution < 1.29 is 23.9 Å². The number of benzene rings is 2. The van der Waals surface area contributed by atoms with Crippen molar-refractivity contribution in [1.82, 2.24) is 4.90 Å². The van der Waals surface area contributed by atoms with Gasteiger partial charge in [-0.25, -0.2) is 4.79 Å². The predicted octanol–water partition coefficient (Wildman–Crippen LogP) is 2.40. The third kappa shape index (κ3) is 5.30. The number of esters is 1. The van der Waals surface area contributed by atoms with Crippen molar-refractivity contribution in [2.24, 2.45) is 0 Å². The molecule has 0 spiro atoms. The summed E-state index contributed by atoms with van der Waals surface area (Å²) in [5.74, 6) is -1.13. The van der Waals surface area contributed by atoms with Crippen LogP contribution >= 0.6 is 0 Å². The van der Waals surface area contributed by atoms with Crippen LogP contribution in [0.2, 0.25) is 0 Å². The van der Waals surface area contributed by atoms with Crippen LogP contribution in [0.25, 0.3) is 0 Å². The zero-order valence-corrected chi connectivity index (χ0v) is 15.9. The highest BCUT2D eigenvalue weighted by Crippen LogP contribution is 2.17. The Labute approximate surface area is 168 Å². The van der Waals surface area contributed by atoms with Crippen molar-refractivity contribution in [3.8, 4) is 0 Å². The molecule has 0 radical (unpaired) electrons. The fraction of sp³-hybridized carbons (Fsp3) is 0.227. The topological polar surface area (TPSA) is 84.9 Å². The molecule has 0 aromatic heterocycles. The normalized spacial score (nSPS) is 16.0. The number of carbonyl (C=O) groups excluding carboxylic acids is 3. The molecule has 1 atom stereocenters. The summed E-state index contributed by atoms with van der Waals surface area (Å²) in [5.41, 5.74) is 1.82. The highest BCUT2D eigenvalue weighted by Gasteiger charge is 2.34. The van der Waals surface area contributed by atoms with Crippen LogP contribution in [0.5, 0.6) is 0 Å². The maximum absolute atomic E-state index is 12.9. The number of carbonyl (C=O) groups is 3. The van der Waals surface area contributed by atoms with Crippen molar-refractivity contribution in [1.29, 1.82) is 0 Å². The molecular weight excluding hydrogens is 372 g/mol. The summed E-state index contributed by atoms with van der Waals surface area (Å²) in [6.07, 6.45) is 1.17. The monoisotopic (exact) mass is 394 g/mol. The molecule has 7 nitrogen and oxygen atoms in total. The maximum Gasteiger partial charge on any atom is 0.331 e. The number of morpholine rings is 1. The lowest BCUT2D eigenvalue weighted by molar-refractivity contribution is -0.155. The summed E-state index contributed by atoms with van der Waals surface area (Å²) in [6.45, 7) is 4.26. The van der Waals surface area contributed by atoms with Crippen molar-refractivity contribution in [3.05, 3.63) is 78.4 Å². The largest absolute Gasteiger partial charge is 0.459 e. The molecule has 0 unspecified atom stereocenters. The average Bonchev–Trinajstić information content (AvgIpc) is 2.78. The molecular formula is C22H22N2O5. The molecule has 150 valence electrons. The van der Waals surface area contributed by atoms with E-state index in [2.05, 4.69) is 11.9 Å². The fourth-order valence-electron chi connectivity index (χ4n) is 2.92. The van der Waals surface area contributed by atoms with Gasteiger partial charge in [0.05, 0.1) is 13.2 Å². The lowest BCUT2D eigenvalue weighted by atomic mass is 10.1. The maximum atomic E-state index is 12.9. The molecule has 0 saturated carbocycles. The van der Waals surface area contributed by atoms with Gasteiger partial charge in [-0.2, -0.15) is 0 Å². The summed E-state index contributed by atoms with van der Waals surface area (Å²) in [4.78, 5) is 38.3. The Morgan fingerprint density at radius 3 is 2.55 bits per heavy atom. The fourth-order valence-corrected chi connectivity index (χ4v) is 2.92. The molecule has 29 heavy (non-hydrogen) atoms. The second-order valence-corrected chi connectivity index (χ2v) is 6.45. The van der Waals surface area contributed by atoms with Crippen molar-refractivity contribution in [3.63, 3.8) is 0 Å². The molecule has 1 heterocycles. The predicted molar refractivity (Wildman–Crippen MR) is 107 cm³/mol. The van der Waals surface area contributed by atoms with Gasteiger partial charge in [0.2, 0.25) is 5.91 Å². The third-order valence-electron chi connectivity index (χ3n) is 4.47. The van der Waals surface area contributed by atoms with Gasteiger partial charge in [0, 0.05) is 17.8 Å². The first-order chi connectivity index (χ1) is 14.1. The van der Waals surface area contributed by atoms with E-state index in [-0.39, 0.29) is 25.0 Å². The van der Waals surface area contributed by atoms with Gasteiger partial charge in [-0.3, -0.25) is 9.59 Å². The van der Waals surface area contributed by atoms with Gasteiger partial charge in [0.25, 0.3) is 5.91 Å². The number of amides is 2. The van der Waals surface area contributed by atoms with Gasteiger partial charge in [-0.05, 0) is 35.9 Å². The lowest BCUT2D eigenvalue weighted by Crippen LogP contribution is -2.53. The second-order valence-electron chi connectivity index (χ2n) is 6.45. The van der Waals surface area contributed by atoms with Crippen LogP contribution in [0.15, 0.2) is 67.3 Å². The van der Waals surface area contributed by atoms with E-state index in [1.807, 2.05) is 30.3 Å². The molecule has 1 aliphatic heterocycles. The number of anilines is 1. The van der Waals surface area contributed by atoms with E-state index in [9.17, 15) is 14.4 Å². The molecule has 2 amide bonds. The Morgan fingerprint density at radius 1 is 1.14 bits per heavy atom. The van der Waals surface area contributed by atoms with Crippen LogP contribution in [-0.4, -0.2) is 48.5 Å². The van der Waals surface area contributed by atoms with E-state index < -0.39 is 12.0 Å². The zero-order valence-electron chi connectivity index (χ0n) is 15.9. The minimum atomic E-state index is -0.805. The first-order valence-corrected chi connectivity index (χ1v) is 9.21. The highest BCUT2D eigenvalue weighted by molar-refractivity contribution is 6.00. The molecule has 3 rings (SSSR count). The van der Waals surface area contributed by atoms with Crippen molar-refractivity contribution in [2.45, 2.75) is 12.6 Å². The van der Waals surface area contributed by atoms with E-state index in [1.165, 1.54) is 11.0 Å². The molecule has 1 saturated heterocycles. The molecule has 1 N–H and O–H groups in total. The number of hydrogen-bond donors (Lipinski definition) is 1. The van der Waals surface area contributed by atoms with E-state index in [1.54, 1.807) is 24.3 Å². The Morgan fingerprint density at radius 2 is 1.86 bits per heavy atom. The van der Waals surface area contributed by atoms with Gasteiger partial charge in [-0.1, -0.05) is 36.9 Å². The molecule has 7 heteroatoms. The van der Waals surface area contributed by atoms with E-state index in [0.29, 0.717) is 24.4 Å². The smallest absolute Gasteiger partial charge is 0.331 e. The van der Waals surface area contributed by atoms with Crippen LogP contribution in [0.3, 0.4) is 0 Å². The van der Waals surface area contributed by atoms with Crippen LogP contribution < -0.4 is 5.32 Å². The summed E-state index contributed by atoms with van der Waals surface area (Å²) in [6, 6.07) is 15.0. The molecule has 0 bridgehead atoms. The minimum Gasteiger partial charge on any atom is -0.459 e. The lowest BCUT2D eigenvalue weighted by Gasteiger charge is -2.34. The highest BCUT2D eigenvalue weighted by atomic mass is 16.5. The SMILES string of the molecule is C=CC(=O)Nc1ccc(C(=O)N2CCOC[C@H]2C(=O)OCc2ccccc2)cc1. The third-order valence-corrected chi connectivity index (χ3v) is 4.47. The van der Waals surface area contributed by atoms with Crippen LogP contribution in [0.4, 0.5) is 5.69 Å². The molecule has 2 aromatic rings. The first kappa shape index (κ1) is 20.3. The Kier molecular flexibility index (Phi) is 6.76. The first-order valence-electron chi connectivity index (χ1n) is 9.21. The number of nitrogens with zero attached hydrogens (tertiary/aromatic N) is 1. The van der Waals surface area contributed by atoms with Crippen LogP contribution in [-0.2, 0) is 25.7 Å². The number of ether oxygens (including phenoxy) is 2. The number of nitrogens with one attached hydrogen (secondary N) is 1. The summed E-state index contributed by atoms with van der Waals surface area (Å²) in [5, 5.41) is 2.62. The van der Waals surface area contributed by atoms with Crippen molar-refractivity contribution in [2.75, 3.05) is 25.1 Å². The quantitative estimate of drug-likeness (QED) is 0.601. The van der Waals surface area contributed by atoms with E-state index in [4.69, 9.17) is 9.47 Å². The average molecular weight is 394 g/mol. The Bertz CT molecular complexity index is 880. The molecule has 1 aliphatic rings. The zero-order chi connectivity index (χ0) is 20.6. The molecule has 2 aromatic carbocycles. The van der Waals surface area contributed by atoms with Gasteiger partial charge in [-0.15, -0.1) is 0 Å². The second kappa shape index (κ2) is 9.66. The van der Waals surface area contributed by atoms with Gasteiger partial charge in [0.1, 0.15) is 6.61 Å². The van der Waals surface area contributed by atoms with E-state index in [0.717, 1.165) is 5.56 Å². The number of hydrogen-bond acceptors (Lipinski definition) is 5. The van der Waals surface area contributed by atoms with Crippen molar-refractivity contribution >= 4 is 23.5 Å². The standard InChI is InChI=1S/C22H22N2O5/c1-2-20(25)23-18-10-8-17(9-11-18)21(26)24-12-13-28-15-19(24)22(27)29-14-16-6-4-3-5-7-16/h2-11,19H,1,12-15H2,(H,23,25)/t19-/m0/s1. The summed E-state index contributed by atoms with van der Waals surface area (Å²) < 4.78 is 10.8.